The molecule has 106 valence electrons. The van der Waals surface area contributed by atoms with E-state index < -0.39 is 5.97 Å². The Balaban J connectivity index is 2.23. The monoisotopic (exact) mass is 257 g/mol. The molecule has 0 heterocycles. The first-order valence-electron chi connectivity index (χ1n) is 7.11. The van der Waals surface area contributed by atoms with E-state index in [1.54, 1.807) is 0 Å². The predicted octanol–water partition coefficient (Wildman–Crippen LogP) is 1.87. The number of aliphatic hydroxyl groups excluding tert-OH is 1. The van der Waals surface area contributed by atoms with Crippen molar-refractivity contribution in [3.8, 4) is 0 Å². The lowest BCUT2D eigenvalue weighted by molar-refractivity contribution is -0.138. The molecule has 0 aliphatic heterocycles. The fourth-order valence-corrected chi connectivity index (χ4v) is 2.89. The van der Waals surface area contributed by atoms with Crippen LogP contribution in [0, 0.1) is 17.8 Å². The van der Waals surface area contributed by atoms with E-state index >= 15 is 0 Å². The molecule has 1 rings (SSSR count). The normalized spacial score (nSPS) is 27.9. The van der Waals surface area contributed by atoms with E-state index in [0.29, 0.717) is 5.92 Å². The summed E-state index contributed by atoms with van der Waals surface area (Å²) in [5.41, 5.74) is 0. The number of rotatable bonds is 8. The van der Waals surface area contributed by atoms with Crippen LogP contribution in [-0.2, 0) is 4.79 Å². The average Bonchev–Trinajstić information content (AvgIpc) is 2.59. The minimum atomic E-state index is -0.739. The third-order valence-corrected chi connectivity index (χ3v) is 3.81. The van der Waals surface area contributed by atoms with Crippen LogP contribution in [0.5, 0.6) is 0 Å². The zero-order valence-electron chi connectivity index (χ0n) is 11.6. The molecule has 0 saturated heterocycles. The minimum Gasteiger partial charge on any atom is -0.481 e. The van der Waals surface area contributed by atoms with Crippen molar-refractivity contribution in [1.82, 2.24) is 5.32 Å². The third-order valence-electron chi connectivity index (χ3n) is 3.81. The van der Waals surface area contributed by atoms with Gasteiger partial charge in [0.2, 0.25) is 0 Å². The summed E-state index contributed by atoms with van der Waals surface area (Å²) in [4.78, 5) is 10.8. The molecule has 3 N–H and O–H groups in total. The molecule has 1 aliphatic carbocycles. The summed E-state index contributed by atoms with van der Waals surface area (Å²) in [5, 5.41) is 22.1. The van der Waals surface area contributed by atoms with E-state index in [9.17, 15) is 9.90 Å². The molecule has 0 amide bonds. The molecule has 0 bridgehead atoms. The largest absolute Gasteiger partial charge is 0.481 e. The van der Waals surface area contributed by atoms with Crippen LogP contribution >= 0.6 is 0 Å². The molecule has 4 nitrogen and oxygen atoms in total. The molecule has 18 heavy (non-hydrogen) atoms. The van der Waals surface area contributed by atoms with Gasteiger partial charge in [0.15, 0.2) is 0 Å². The van der Waals surface area contributed by atoms with Crippen molar-refractivity contribution >= 4 is 5.97 Å². The predicted molar refractivity (Wildman–Crippen MR) is 71.4 cm³/mol. The molecular formula is C14H27NO3. The molecule has 1 aliphatic rings. The molecule has 0 aromatic rings. The maximum Gasteiger partial charge on any atom is 0.303 e. The maximum absolute atomic E-state index is 10.8. The van der Waals surface area contributed by atoms with Gasteiger partial charge in [-0.25, -0.2) is 0 Å². The summed E-state index contributed by atoms with van der Waals surface area (Å²) < 4.78 is 0. The minimum absolute atomic E-state index is 0.169. The fraction of sp³-hybridized carbons (Fsp3) is 0.929. The lowest BCUT2D eigenvalue weighted by Gasteiger charge is -2.21. The Hall–Kier alpha value is -0.610. The smallest absolute Gasteiger partial charge is 0.303 e. The van der Waals surface area contributed by atoms with Crippen molar-refractivity contribution in [2.24, 2.45) is 17.8 Å². The van der Waals surface area contributed by atoms with Gasteiger partial charge in [-0.2, -0.15) is 0 Å². The Morgan fingerprint density at radius 1 is 1.39 bits per heavy atom. The molecule has 0 spiro atoms. The summed E-state index contributed by atoms with van der Waals surface area (Å²) in [5.74, 6) is 0.267. The quantitative estimate of drug-likeness (QED) is 0.581. The van der Waals surface area contributed by atoms with Crippen molar-refractivity contribution in [2.45, 2.75) is 52.1 Å². The van der Waals surface area contributed by atoms with Crippen LogP contribution in [0.25, 0.3) is 0 Å². The van der Waals surface area contributed by atoms with E-state index in [1.165, 1.54) is 0 Å². The number of carboxylic acid groups (broad SMARTS) is 1. The number of nitrogens with one attached hydrogen (secondary N) is 1. The van der Waals surface area contributed by atoms with Crippen LogP contribution in [0.4, 0.5) is 0 Å². The van der Waals surface area contributed by atoms with Crippen LogP contribution < -0.4 is 5.32 Å². The second-order valence-electron chi connectivity index (χ2n) is 5.91. The fourth-order valence-electron chi connectivity index (χ4n) is 2.89. The maximum atomic E-state index is 10.8. The first-order valence-corrected chi connectivity index (χ1v) is 7.11. The van der Waals surface area contributed by atoms with Gasteiger partial charge in [-0.1, -0.05) is 13.8 Å². The van der Waals surface area contributed by atoms with Crippen molar-refractivity contribution in [3.05, 3.63) is 0 Å². The Labute approximate surface area is 110 Å². The van der Waals surface area contributed by atoms with Crippen LogP contribution in [0.15, 0.2) is 0 Å². The summed E-state index contributed by atoms with van der Waals surface area (Å²) in [6, 6.07) is 0. The van der Waals surface area contributed by atoms with Crippen molar-refractivity contribution in [2.75, 3.05) is 13.1 Å². The molecule has 0 radical (unpaired) electrons. The lowest BCUT2D eigenvalue weighted by Crippen LogP contribution is -2.25. The standard InChI is InChI=1S/C14H27NO3/c1-10(2)9-15-7-3-4-12-11(8-14(17)18)5-6-13(12)16/h10-13,15-16H,3-9H2,1-2H3,(H,17,18). The van der Waals surface area contributed by atoms with Crippen molar-refractivity contribution in [1.29, 1.82) is 0 Å². The SMILES string of the molecule is CC(C)CNCCCC1C(O)CCC1CC(=O)O. The van der Waals surface area contributed by atoms with Gasteiger partial charge in [0.05, 0.1) is 6.10 Å². The van der Waals surface area contributed by atoms with Crippen molar-refractivity contribution < 1.29 is 15.0 Å². The highest BCUT2D eigenvalue weighted by Crippen LogP contribution is 2.37. The van der Waals surface area contributed by atoms with E-state index in [4.69, 9.17) is 5.11 Å². The van der Waals surface area contributed by atoms with Crippen molar-refractivity contribution in [3.63, 3.8) is 0 Å². The van der Waals surface area contributed by atoms with E-state index in [1.807, 2.05) is 0 Å². The second kappa shape index (κ2) is 7.74. The highest BCUT2D eigenvalue weighted by atomic mass is 16.4. The molecular weight excluding hydrogens is 230 g/mol. The van der Waals surface area contributed by atoms with Gasteiger partial charge in [0.1, 0.15) is 0 Å². The van der Waals surface area contributed by atoms with Crippen LogP contribution in [0.2, 0.25) is 0 Å². The molecule has 0 aromatic heterocycles. The first kappa shape index (κ1) is 15.4. The Kier molecular flexibility index (Phi) is 6.65. The van der Waals surface area contributed by atoms with Gasteiger partial charge in [-0.15, -0.1) is 0 Å². The number of hydrogen-bond acceptors (Lipinski definition) is 3. The molecule has 1 saturated carbocycles. The first-order chi connectivity index (χ1) is 8.50. The molecule has 0 aromatic carbocycles. The summed E-state index contributed by atoms with van der Waals surface area (Å²) in [6.45, 7) is 6.33. The lowest BCUT2D eigenvalue weighted by atomic mass is 9.88. The molecule has 3 atom stereocenters. The number of hydrogen-bond donors (Lipinski definition) is 3. The van der Waals surface area contributed by atoms with E-state index in [2.05, 4.69) is 19.2 Å². The van der Waals surface area contributed by atoms with Gasteiger partial charge in [0, 0.05) is 6.42 Å². The number of aliphatic hydroxyl groups is 1. The van der Waals surface area contributed by atoms with Gasteiger partial charge in [-0.05, 0) is 56.5 Å². The molecule has 3 unspecified atom stereocenters. The van der Waals surface area contributed by atoms with E-state index in [0.717, 1.165) is 38.8 Å². The van der Waals surface area contributed by atoms with Gasteiger partial charge in [0.25, 0.3) is 0 Å². The Morgan fingerprint density at radius 3 is 2.72 bits per heavy atom. The summed E-state index contributed by atoms with van der Waals surface area (Å²) >= 11 is 0. The summed E-state index contributed by atoms with van der Waals surface area (Å²) in [6.07, 6.45) is 3.50. The van der Waals surface area contributed by atoms with E-state index in [-0.39, 0.29) is 24.4 Å². The number of carbonyl (C=O) groups is 1. The zero-order chi connectivity index (χ0) is 13.5. The van der Waals surface area contributed by atoms with Gasteiger partial charge >= 0.3 is 5.97 Å². The Morgan fingerprint density at radius 2 is 2.11 bits per heavy atom. The topological polar surface area (TPSA) is 69.6 Å². The van der Waals surface area contributed by atoms with Gasteiger partial charge in [-0.3, -0.25) is 4.79 Å². The summed E-state index contributed by atoms with van der Waals surface area (Å²) in [7, 11) is 0. The Bertz CT molecular complexity index is 255. The highest BCUT2D eigenvalue weighted by Gasteiger charge is 2.35. The van der Waals surface area contributed by atoms with Gasteiger partial charge < -0.3 is 15.5 Å². The van der Waals surface area contributed by atoms with Crippen LogP contribution in [0.3, 0.4) is 0 Å². The number of aliphatic carboxylic acids is 1. The second-order valence-corrected chi connectivity index (χ2v) is 5.91. The average molecular weight is 257 g/mol. The zero-order valence-corrected chi connectivity index (χ0v) is 11.6. The third kappa shape index (κ3) is 5.36. The number of carboxylic acids is 1. The van der Waals surface area contributed by atoms with Crippen LogP contribution in [0.1, 0.15) is 46.0 Å². The molecule has 1 fully saturated rings. The highest BCUT2D eigenvalue weighted by molar-refractivity contribution is 5.67. The van der Waals surface area contributed by atoms with Crippen LogP contribution in [-0.4, -0.2) is 35.4 Å². The molecule has 4 heteroatoms.